The van der Waals surface area contributed by atoms with Gasteiger partial charge in [0, 0.05) is 23.2 Å². The highest BCUT2D eigenvalue weighted by Crippen LogP contribution is 2.32. The summed E-state index contributed by atoms with van der Waals surface area (Å²) in [4.78, 5) is 27.1. The summed E-state index contributed by atoms with van der Waals surface area (Å²) in [5.74, 6) is -0.265. The summed E-state index contributed by atoms with van der Waals surface area (Å²) >= 11 is 5.97. The lowest BCUT2D eigenvalue weighted by Gasteiger charge is -2.32. The summed E-state index contributed by atoms with van der Waals surface area (Å²) in [6.45, 7) is 10.8. The van der Waals surface area contributed by atoms with E-state index >= 15 is 0 Å². The number of nitrogens with zero attached hydrogens (tertiary/aromatic N) is 1. The van der Waals surface area contributed by atoms with Crippen LogP contribution >= 0.6 is 11.6 Å². The number of piperidine rings is 1. The minimum Gasteiger partial charge on any atom is -0.355 e. The van der Waals surface area contributed by atoms with E-state index in [-0.39, 0.29) is 29.5 Å². The third-order valence-corrected chi connectivity index (χ3v) is 7.14. The molecule has 1 aliphatic heterocycles. The van der Waals surface area contributed by atoms with E-state index in [9.17, 15) is 14.0 Å². The number of benzene rings is 2. The van der Waals surface area contributed by atoms with Crippen molar-refractivity contribution in [3.05, 3.63) is 64.4 Å². The molecular weight excluding hydrogens is 465 g/mol. The largest absolute Gasteiger partial charge is 0.355 e. The Bertz CT molecular complexity index is 1020. The average Bonchev–Trinajstić information content (AvgIpc) is 2.83. The maximum Gasteiger partial charge on any atom is 0.230 e. The Morgan fingerprint density at radius 3 is 2.40 bits per heavy atom. The van der Waals surface area contributed by atoms with Crippen LogP contribution in [-0.2, 0) is 15.0 Å². The number of anilines is 1. The SMILES string of the molecule is CC(C)C(=O)Nc1ccc(F)c(C2CCN(CCCNC(=O)C(C)(C)c3ccc(Cl)cc3)CC2)c1. The second-order valence-corrected chi connectivity index (χ2v) is 10.7. The summed E-state index contributed by atoms with van der Waals surface area (Å²) in [5.41, 5.74) is 1.64. The maximum absolute atomic E-state index is 14.5. The highest BCUT2D eigenvalue weighted by atomic mass is 35.5. The van der Waals surface area contributed by atoms with E-state index < -0.39 is 5.41 Å². The second kappa shape index (κ2) is 12.0. The Balaban J connectivity index is 1.43. The fourth-order valence-corrected chi connectivity index (χ4v) is 4.54. The zero-order valence-electron chi connectivity index (χ0n) is 21.2. The van der Waals surface area contributed by atoms with Crippen LogP contribution in [0.1, 0.15) is 64.0 Å². The molecule has 0 saturated carbocycles. The molecule has 190 valence electrons. The van der Waals surface area contributed by atoms with Gasteiger partial charge in [-0.3, -0.25) is 9.59 Å². The molecule has 1 saturated heterocycles. The molecule has 2 aromatic carbocycles. The van der Waals surface area contributed by atoms with Crippen molar-refractivity contribution in [1.29, 1.82) is 0 Å². The number of amides is 2. The van der Waals surface area contributed by atoms with Gasteiger partial charge in [0.1, 0.15) is 5.82 Å². The minimum atomic E-state index is -0.629. The Kier molecular flexibility index (Phi) is 9.31. The number of hydrogen-bond donors (Lipinski definition) is 2. The van der Waals surface area contributed by atoms with Gasteiger partial charge < -0.3 is 15.5 Å². The van der Waals surface area contributed by atoms with E-state index in [4.69, 9.17) is 11.6 Å². The normalized spacial score (nSPS) is 15.3. The Labute approximate surface area is 213 Å². The Morgan fingerprint density at radius 2 is 1.77 bits per heavy atom. The lowest BCUT2D eigenvalue weighted by molar-refractivity contribution is -0.125. The molecule has 2 N–H and O–H groups in total. The molecule has 1 fully saturated rings. The zero-order chi connectivity index (χ0) is 25.6. The molecule has 35 heavy (non-hydrogen) atoms. The lowest BCUT2D eigenvalue weighted by atomic mass is 9.84. The van der Waals surface area contributed by atoms with Crippen molar-refractivity contribution in [3.8, 4) is 0 Å². The van der Waals surface area contributed by atoms with Gasteiger partial charge in [-0.15, -0.1) is 0 Å². The van der Waals surface area contributed by atoms with Crippen LogP contribution in [0.25, 0.3) is 0 Å². The van der Waals surface area contributed by atoms with E-state index in [2.05, 4.69) is 15.5 Å². The summed E-state index contributed by atoms with van der Waals surface area (Å²) in [6.07, 6.45) is 2.60. The molecule has 0 radical (unpaired) electrons. The third-order valence-electron chi connectivity index (χ3n) is 6.89. The number of rotatable bonds is 9. The highest BCUT2D eigenvalue weighted by Gasteiger charge is 2.29. The first kappa shape index (κ1) is 27.2. The number of carbonyl (C=O) groups excluding carboxylic acids is 2. The molecule has 1 aliphatic rings. The summed E-state index contributed by atoms with van der Waals surface area (Å²) < 4.78 is 14.5. The molecule has 0 bridgehead atoms. The van der Waals surface area contributed by atoms with Crippen LogP contribution in [0.2, 0.25) is 5.02 Å². The second-order valence-electron chi connectivity index (χ2n) is 10.2. The Morgan fingerprint density at radius 1 is 1.11 bits per heavy atom. The fourth-order valence-electron chi connectivity index (χ4n) is 4.41. The van der Waals surface area contributed by atoms with Crippen molar-refractivity contribution in [3.63, 3.8) is 0 Å². The van der Waals surface area contributed by atoms with Crippen molar-refractivity contribution in [2.75, 3.05) is 31.5 Å². The van der Waals surface area contributed by atoms with Crippen LogP contribution in [0.3, 0.4) is 0 Å². The van der Waals surface area contributed by atoms with Crippen molar-refractivity contribution in [1.82, 2.24) is 10.2 Å². The van der Waals surface area contributed by atoms with E-state index in [1.165, 1.54) is 6.07 Å². The highest BCUT2D eigenvalue weighted by molar-refractivity contribution is 6.30. The van der Waals surface area contributed by atoms with Crippen molar-refractivity contribution >= 4 is 29.1 Å². The molecule has 0 aliphatic carbocycles. The first-order valence-corrected chi connectivity index (χ1v) is 12.8. The van der Waals surface area contributed by atoms with Crippen LogP contribution in [0.5, 0.6) is 0 Å². The van der Waals surface area contributed by atoms with Gasteiger partial charge in [-0.25, -0.2) is 4.39 Å². The predicted octanol–water partition coefficient (Wildman–Crippen LogP) is 5.74. The van der Waals surface area contributed by atoms with Crippen molar-refractivity contribution in [2.24, 2.45) is 5.92 Å². The van der Waals surface area contributed by atoms with E-state index in [1.807, 2.05) is 39.8 Å². The van der Waals surface area contributed by atoms with Crippen molar-refractivity contribution < 1.29 is 14.0 Å². The van der Waals surface area contributed by atoms with Gasteiger partial charge in [0.25, 0.3) is 0 Å². The van der Waals surface area contributed by atoms with Gasteiger partial charge in [0.15, 0.2) is 0 Å². The van der Waals surface area contributed by atoms with Crippen LogP contribution in [0.15, 0.2) is 42.5 Å². The molecule has 2 aromatic rings. The molecule has 1 heterocycles. The smallest absolute Gasteiger partial charge is 0.230 e. The minimum absolute atomic E-state index is 0.00144. The average molecular weight is 502 g/mol. The fraction of sp³-hybridized carbons (Fsp3) is 0.500. The maximum atomic E-state index is 14.5. The van der Waals surface area contributed by atoms with Crippen LogP contribution in [-0.4, -0.2) is 42.9 Å². The quantitative estimate of drug-likeness (QED) is 0.431. The standard InChI is InChI=1S/C28H37ClFN3O2/c1-19(2)26(34)32-23-10-11-25(30)24(18-23)20-12-16-33(17-13-20)15-5-14-31-27(35)28(3,4)21-6-8-22(29)9-7-21/h6-11,18-20H,5,12-17H2,1-4H3,(H,31,35)(H,32,34). The van der Waals surface area contributed by atoms with E-state index in [0.29, 0.717) is 22.8 Å². The predicted molar refractivity (Wildman–Crippen MR) is 140 cm³/mol. The van der Waals surface area contributed by atoms with Gasteiger partial charge in [0.05, 0.1) is 5.41 Å². The van der Waals surface area contributed by atoms with Crippen LogP contribution in [0, 0.1) is 11.7 Å². The third kappa shape index (κ3) is 7.28. The molecule has 0 atom stereocenters. The van der Waals surface area contributed by atoms with Gasteiger partial charge >= 0.3 is 0 Å². The number of hydrogen-bond acceptors (Lipinski definition) is 3. The van der Waals surface area contributed by atoms with Gasteiger partial charge in [0.2, 0.25) is 11.8 Å². The molecule has 2 amide bonds. The summed E-state index contributed by atoms with van der Waals surface area (Å²) in [7, 11) is 0. The lowest BCUT2D eigenvalue weighted by Crippen LogP contribution is -2.41. The zero-order valence-corrected chi connectivity index (χ0v) is 21.9. The molecule has 0 aromatic heterocycles. The van der Waals surface area contributed by atoms with Crippen LogP contribution in [0.4, 0.5) is 10.1 Å². The first-order valence-electron chi connectivity index (χ1n) is 12.4. The first-order chi connectivity index (χ1) is 16.6. The van der Waals surface area contributed by atoms with E-state index in [1.54, 1.807) is 24.3 Å². The van der Waals surface area contributed by atoms with E-state index in [0.717, 1.165) is 44.5 Å². The van der Waals surface area contributed by atoms with Gasteiger partial charge in [-0.05, 0) is 100 Å². The summed E-state index contributed by atoms with van der Waals surface area (Å²) in [5, 5.41) is 6.59. The molecular formula is C28H37ClFN3O2. The monoisotopic (exact) mass is 501 g/mol. The topological polar surface area (TPSA) is 61.4 Å². The molecule has 0 unspecified atom stereocenters. The number of halogens is 2. The number of likely N-dealkylation sites (tertiary alicyclic amines) is 1. The number of nitrogens with one attached hydrogen (secondary N) is 2. The molecule has 3 rings (SSSR count). The van der Waals surface area contributed by atoms with Gasteiger partial charge in [-0.2, -0.15) is 0 Å². The molecule has 7 heteroatoms. The molecule has 0 spiro atoms. The molecule has 5 nitrogen and oxygen atoms in total. The van der Waals surface area contributed by atoms with Crippen LogP contribution < -0.4 is 10.6 Å². The number of carbonyl (C=O) groups is 2. The van der Waals surface area contributed by atoms with Gasteiger partial charge in [-0.1, -0.05) is 37.6 Å². The summed E-state index contributed by atoms with van der Waals surface area (Å²) in [6, 6.07) is 12.3. The van der Waals surface area contributed by atoms with Crippen molar-refractivity contribution in [2.45, 2.75) is 58.3 Å². The Hall–Kier alpha value is -2.44.